The van der Waals surface area contributed by atoms with E-state index in [4.69, 9.17) is 19.6 Å². The zero-order valence-corrected chi connectivity index (χ0v) is 19.8. The molecule has 0 spiro atoms. The molecule has 170 valence electrons. The van der Waals surface area contributed by atoms with Crippen molar-refractivity contribution < 1.29 is 9.47 Å². The third kappa shape index (κ3) is 5.03. The first-order valence-electron chi connectivity index (χ1n) is 11.4. The summed E-state index contributed by atoms with van der Waals surface area (Å²) in [5, 5.41) is 4.75. The molecular weight excluding hydrogens is 400 g/mol. The molecular formula is C26H34N4O2. The third-order valence-corrected chi connectivity index (χ3v) is 6.24. The van der Waals surface area contributed by atoms with Gasteiger partial charge in [0.15, 0.2) is 0 Å². The number of rotatable bonds is 7. The van der Waals surface area contributed by atoms with E-state index in [0.29, 0.717) is 6.04 Å². The fourth-order valence-electron chi connectivity index (χ4n) is 4.39. The molecule has 0 aliphatic carbocycles. The van der Waals surface area contributed by atoms with Crippen molar-refractivity contribution >= 4 is 0 Å². The molecule has 0 saturated carbocycles. The molecule has 1 aliphatic heterocycles. The van der Waals surface area contributed by atoms with Crippen LogP contribution >= 0.6 is 0 Å². The maximum Gasteiger partial charge on any atom is 0.118 e. The molecule has 0 bridgehead atoms. The molecule has 0 N–H and O–H groups in total. The molecule has 32 heavy (non-hydrogen) atoms. The van der Waals surface area contributed by atoms with Crippen LogP contribution in [0, 0.1) is 13.8 Å². The molecule has 1 aliphatic rings. The van der Waals surface area contributed by atoms with E-state index in [2.05, 4.69) is 61.5 Å². The maximum absolute atomic E-state index is 6.08. The van der Waals surface area contributed by atoms with Gasteiger partial charge in [-0.25, -0.2) is 0 Å². The summed E-state index contributed by atoms with van der Waals surface area (Å²) < 4.78 is 13.4. The van der Waals surface area contributed by atoms with E-state index in [1.54, 1.807) is 7.11 Å². The van der Waals surface area contributed by atoms with Gasteiger partial charge in [-0.15, -0.1) is 0 Å². The quantitative estimate of drug-likeness (QED) is 0.542. The number of aryl methyl sites for hydroxylation is 1. The Hall–Kier alpha value is -2.70. The third-order valence-electron chi connectivity index (χ3n) is 6.24. The maximum atomic E-state index is 6.08. The average molecular weight is 435 g/mol. The second-order valence-corrected chi connectivity index (χ2v) is 8.90. The van der Waals surface area contributed by atoms with E-state index < -0.39 is 0 Å². The highest BCUT2D eigenvalue weighted by molar-refractivity contribution is 5.31. The Morgan fingerprint density at radius 3 is 2.47 bits per heavy atom. The van der Waals surface area contributed by atoms with Crippen LogP contribution in [0.3, 0.4) is 0 Å². The van der Waals surface area contributed by atoms with Crippen LogP contribution in [0.5, 0.6) is 5.75 Å². The van der Waals surface area contributed by atoms with Gasteiger partial charge in [0, 0.05) is 43.1 Å². The molecule has 6 heteroatoms. The van der Waals surface area contributed by atoms with Crippen molar-refractivity contribution in [3.8, 4) is 5.75 Å². The van der Waals surface area contributed by atoms with Crippen molar-refractivity contribution in [1.29, 1.82) is 0 Å². The Morgan fingerprint density at radius 2 is 1.84 bits per heavy atom. The first-order valence-corrected chi connectivity index (χ1v) is 11.4. The highest BCUT2D eigenvalue weighted by Crippen LogP contribution is 2.25. The first kappa shape index (κ1) is 22.5. The van der Waals surface area contributed by atoms with Crippen LogP contribution in [0.15, 0.2) is 42.6 Å². The monoisotopic (exact) mass is 434 g/mol. The van der Waals surface area contributed by atoms with Crippen LogP contribution < -0.4 is 4.74 Å². The lowest BCUT2D eigenvalue weighted by molar-refractivity contribution is -0.0351. The molecule has 6 nitrogen and oxygen atoms in total. The average Bonchev–Trinajstić information content (AvgIpc) is 3.09. The minimum Gasteiger partial charge on any atom is -0.497 e. The lowest BCUT2D eigenvalue weighted by Crippen LogP contribution is -2.38. The zero-order chi connectivity index (χ0) is 22.7. The van der Waals surface area contributed by atoms with Crippen molar-refractivity contribution in [1.82, 2.24) is 19.7 Å². The van der Waals surface area contributed by atoms with Crippen LogP contribution in [0.2, 0.25) is 0 Å². The molecule has 1 saturated heterocycles. The Bertz CT molecular complexity index is 1030. The number of morpholine rings is 1. The largest absolute Gasteiger partial charge is 0.497 e. The lowest BCUT2D eigenvalue weighted by atomic mass is 10.1. The second kappa shape index (κ2) is 9.84. The first-order chi connectivity index (χ1) is 15.4. The molecule has 4 rings (SSSR count). The number of ether oxygens (including phenoxy) is 2. The normalized spacial score (nSPS) is 17.1. The van der Waals surface area contributed by atoms with Gasteiger partial charge < -0.3 is 9.47 Å². The van der Waals surface area contributed by atoms with Gasteiger partial charge in [-0.3, -0.25) is 14.6 Å². The van der Waals surface area contributed by atoms with Crippen molar-refractivity contribution in [2.75, 3.05) is 26.8 Å². The Balaban J connectivity index is 1.40. The summed E-state index contributed by atoms with van der Waals surface area (Å²) in [6.07, 6.45) is 2.83. The zero-order valence-electron chi connectivity index (χ0n) is 19.8. The molecule has 3 heterocycles. The molecule has 0 unspecified atom stereocenters. The van der Waals surface area contributed by atoms with Gasteiger partial charge in [0.25, 0.3) is 0 Å². The number of hydrogen-bond acceptors (Lipinski definition) is 5. The molecule has 1 atom stereocenters. The van der Waals surface area contributed by atoms with Crippen molar-refractivity contribution in [2.45, 2.75) is 52.8 Å². The van der Waals surface area contributed by atoms with Crippen LogP contribution in [-0.4, -0.2) is 46.5 Å². The van der Waals surface area contributed by atoms with Gasteiger partial charge >= 0.3 is 0 Å². The fourth-order valence-corrected chi connectivity index (χ4v) is 4.39. The van der Waals surface area contributed by atoms with Crippen LogP contribution in [0.1, 0.15) is 59.8 Å². The van der Waals surface area contributed by atoms with E-state index in [9.17, 15) is 0 Å². The summed E-state index contributed by atoms with van der Waals surface area (Å²) in [5.74, 6) is 0.878. The Kier molecular flexibility index (Phi) is 6.92. The topological polar surface area (TPSA) is 52.4 Å². The minimum absolute atomic E-state index is 0.000424. The summed E-state index contributed by atoms with van der Waals surface area (Å²) >= 11 is 0. The second-order valence-electron chi connectivity index (χ2n) is 8.90. The molecule has 3 aromatic rings. The number of nitrogens with zero attached hydrogens (tertiary/aromatic N) is 4. The minimum atomic E-state index is -0.000424. The van der Waals surface area contributed by atoms with E-state index in [-0.39, 0.29) is 6.10 Å². The number of hydrogen-bond donors (Lipinski definition) is 0. The van der Waals surface area contributed by atoms with Crippen LogP contribution in [0.25, 0.3) is 0 Å². The lowest BCUT2D eigenvalue weighted by Gasteiger charge is -2.32. The number of benzene rings is 1. The number of methoxy groups -OCH3 is 1. The number of pyridine rings is 1. The summed E-state index contributed by atoms with van der Waals surface area (Å²) in [4.78, 5) is 7.20. The van der Waals surface area contributed by atoms with E-state index in [1.807, 2.05) is 18.3 Å². The van der Waals surface area contributed by atoms with Gasteiger partial charge in [0.05, 0.1) is 25.1 Å². The molecule has 2 aromatic heterocycles. The highest BCUT2D eigenvalue weighted by atomic mass is 16.5. The van der Waals surface area contributed by atoms with Crippen molar-refractivity contribution in [2.24, 2.45) is 0 Å². The van der Waals surface area contributed by atoms with Crippen molar-refractivity contribution in [3.05, 3.63) is 76.4 Å². The van der Waals surface area contributed by atoms with E-state index >= 15 is 0 Å². The summed E-state index contributed by atoms with van der Waals surface area (Å²) in [6, 6.07) is 12.8. The van der Waals surface area contributed by atoms with Crippen LogP contribution in [-0.2, 0) is 17.7 Å². The van der Waals surface area contributed by atoms with Gasteiger partial charge in [0.1, 0.15) is 11.9 Å². The van der Waals surface area contributed by atoms with Gasteiger partial charge in [-0.05, 0) is 63.4 Å². The summed E-state index contributed by atoms with van der Waals surface area (Å²) in [5.41, 5.74) is 7.16. The van der Waals surface area contributed by atoms with E-state index in [0.717, 1.165) is 49.8 Å². The predicted octanol–water partition coefficient (Wildman–Crippen LogP) is 4.65. The highest BCUT2D eigenvalue weighted by Gasteiger charge is 2.25. The standard InChI is InChI=1S/C26H34N4O2/c1-18(2)30-20(4)24(19(3)28-30)16-29-12-13-32-26(17-29)25-11-8-22(15-27-25)14-21-6-9-23(31-5)10-7-21/h6-11,15,18,26H,12-14,16-17H2,1-5H3/t26-/m0/s1. The summed E-state index contributed by atoms with van der Waals surface area (Å²) in [6.45, 7) is 12.0. The fraction of sp³-hybridized carbons (Fsp3) is 0.462. The van der Waals surface area contributed by atoms with Gasteiger partial charge in [-0.1, -0.05) is 18.2 Å². The molecule has 0 radical (unpaired) electrons. The molecule has 1 aromatic carbocycles. The van der Waals surface area contributed by atoms with Crippen molar-refractivity contribution in [3.63, 3.8) is 0 Å². The van der Waals surface area contributed by atoms with Gasteiger partial charge in [-0.2, -0.15) is 5.10 Å². The Morgan fingerprint density at radius 1 is 1.09 bits per heavy atom. The summed E-state index contributed by atoms with van der Waals surface area (Å²) in [7, 11) is 1.69. The smallest absolute Gasteiger partial charge is 0.118 e. The van der Waals surface area contributed by atoms with Gasteiger partial charge in [0.2, 0.25) is 0 Å². The molecule has 1 fully saturated rings. The molecule has 0 amide bonds. The number of aromatic nitrogens is 3. The Labute approximate surface area is 191 Å². The SMILES string of the molecule is COc1ccc(Cc2ccc([C@@H]3CN(Cc4c(C)nn(C(C)C)c4C)CCO3)nc2)cc1. The van der Waals surface area contributed by atoms with Crippen LogP contribution in [0.4, 0.5) is 0 Å². The predicted molar refractivity (Wildman–Crippen MR) is 126 cm³/mol. The van der Waals surface area contributed by atoms with E-state index in [1.165, 1.54) is 22.4 Å².